The molecule has 1 aliphatic rings. The third-order valence-electron chi connectivity index (χ3n) is 2.79. The van der Waals surface area contributed by atoms with Crippen molar-refractivity contribution in [2.45, 2.75) is 57.0 Å². The van der Waals surface area contributed by atoms with E-state index in [2.05, 4.69) is 6.92 Å². The first-order valence-corrected chi connectivity index (χ1v) is 9.35. The van der Waals surface area contributed by atoms with Gasteiger partial charge in [-0.2, -0.15) is 0 Å². The predicted molar refractivity (Wildman–Crippen MR) is 59.4 cm³/mol. The molecule has 0 aromatic rings. The summed E-state index contributed by atoms with van der Waals surface area (Å²) in [6, 6.07) is 1.08. The summed E-state index contributed by atoms with van der Waals surface area (Å²) >= 11 is 12.8. The third-order valence-corrected chi connectivity index (χ3v) is 8.71. The first-order valence-electron chi connectivity index (χ1n) is 5.04. The van der Waals surface area contributed by atoms with Crippen LogP contribution in [0.25, 0.3) is 0 Å². The first-order chi connectivity index (χ1) is 5.67. The number of rotatable bonds is 3. The van der Waals surface area contributed by atoms with Gasteiger partial charge in [0.2, 0.25) is 0 Å². The fourth-order valence-corrected chi connectivity index (χ4v) is 6.83. The van der Waals surface area contributed by atoms with Gasteiger partial charge in [0.1, 0.15) is 0 Å². The molecule has 0 unspecified atom stereocenters. The zero-order chi connectivity index (χ0) is 9.03. The number of hydrogen-bond acceptors (Lipinski definition) is 0. The molecule has 1 fully saturated rings. The second-order valence-corrected chi connectivity index (χ2v) is 11.3. The maximum absolute atomic E-state index is 6.42. The molecule has 0 atom stereocenters. The molecule has 0 aliphatic heterocycles. The fourth-order valence-electron chi connectivity index (χ4n) is 2.06. The topological polar surface area (TPSA) is 0 Å². The van der Waals surface area contributed by atoms with E-state index in [-0.39, 0.29) is 0 Å². The molecule has 0 heterocycles. The van der Waals surface area contributed by atoms with Crippen LogP contribution in [0.2, 0.25) is 11.6 Å². The van der Waals surface area contributed by atoms with Crippen LogP contribution in [0.15, 0.2) is 0 Å². The van der Waals surface area contributed by atoms with Crippen LogP contribution < -0.4 is 0 Å². The van der Waals surface area contributed by atoms with Crippen molar-refractivity contribution < 1.29 is 0 Å². The van der Waals surface area contributed by atoms with Crippen LogP contribution in [0.1, 0.15) is 45.4 Å². The van der Waals surface area contributed by atoms with Gasteiger partial charge in [-0.25, -0.2) is 0 Å². The van der Waals surface area contributed by atoms with Crippen molar-refractivity contribution in [3.63, 3.8) is 0 Å². The normalized spacial score (nSPS) is 21.2. The fraction of sp³-hybridized carbons (Fsp3) is 1.00. The third kappa shape index (κ3) is 2.93. The Morgan fingerprint density at radius 3 is 2.25 bits per heavy atom. The quantitative estimate of drug-likeness (QED) is 0.484. The van der Waals surface area contributed by atoms with Gasteiger partial charge in [-0.1, -0.05) is 45.4 Å². The van der Waals surface area contributed by atoms with E-state index >= 15 is 0 Å². The van der Waals surface area contributed by atoms with Gasteiger partial charge in [-0.15, -0.1) is 22.2 Å². The minimum atomic E-state index is -1.86. The Kier molecular flexibility index (Phi) is 4.42. The highest BCUT2D eigenvalue weighted by atomic mass is 35.7. The molecular formula is C9H18Cl2Si. The first kappa shape index (κ1) is 10.9. The van der Waals surface area contributed by atoms with Crippen molar-refractivity contribution in [3.05, 3.63) is 0 Å². The molecule has 0 amide bonds. The highest BCUT2D eigenvalue weighted by Gasteiger charge is 2.37. The lowest BCUT2D eigenvalue weighted by molar-refractivity contribution is 0.496. The summed E-state index contributed by atoms with van der Waals surface area (Å²) in [5.41, 5.74) is 0.689. The highest BCUT2D eigenvalue weighted by Crippen LogP contribution is 2.44. The van der Waals surface area contributed by atoms with E-state index in [1.54, 1.807) is 0 Å². The molecule has 72 valence electrons. The maximum atomic E-state index is 6.42. The Balaban J connectivity index is 2.41. The molecule has 3 heteroatoms. The van der Waals surface area contributed by atoms with Gasteiger partial charge in [-0.05, 0) is 11.6 Å². The minimum absolute atomic E-state index is 0.689. The molecule has 1 aliphatic carbocycles. The lowest BCUT2D eigenvalue weighted by Gasteiger charge is -2.30. The summed E-state index contributed by atoms with van der Waals surface area (Å²) in [6.07, 6.45) is 7.82. The van der Waals surface area contributed by atoms with Gasteiger partial charge in [0.25, 0.3) is 6.69 Å². The van der Waals surface area contributed by atoms with Crippen LogP contribution in [-0.2, 0) is 0 Å². The predicted octanol–water partition coefficient (Wildman–Crippen LogP) is 4.65. The standard InChI is InChI=1S/C9H18Cl2Si/c1-2-8-12(10,11)9-6-4-3-5-7-9/h9H,2-8H2,1H3. The Labute approximate surface area is 86.1 Å². The summed E-state index contributed by atoms with van der Waals surface area (Å²) in [6.45, 7) is 0.318. The second-order valence-electron chi connectivity index (χ2n) is 3.85. The summed E-state index contributed by atoms with van der Waals surface area (Å²) in [7, 11) is 0. The maximum Gasteiger partial charge on any atom is 0.254 e. The molecule has 1 rings (SSSR count). The molecular weight excluding hydrogens is 207 g/mol. The Morgan fingerprint density at radius 1 is 1.17 bits per heavy atom. The molecule has 1 saturated carbocycles. The number of halogens is 2. The molecule has 0 aromatic carbocycles. The van der Waals surface area contributed by atoms with E-state index < -0.39 is 6.69 Å². The largest absolute Gasteiger partial charge is 0.254 e. The molecule has 0 spiro atoms. The average molecular weight is 225 g/mol. The molecule has 0 aromatic heterocycles. The lowest BCUT2D eigenvalue weighted by Crippen LogP contribution is -2.28. The van der Waals surface area contributed by atoms with E-state index in [1.165, 1.54) is 32.1 Å². The van der Waals surface area contributed by atoms with Crippen LogP contribution in [0.4, 0.5) is 0 Å². The summed E-state index contributed by atoms with van der Waals surface area (Å²) in [5.74, 6) is 0. The van der Waals surface area contributed by atoms with Gasteiger partial charge < -0.3 is 0 Å². The van der Waals surface area contributed by atoms with E-state index in [9.17, 15) is 0 Å². The Bertz CT molecular complexity index is 130. The summed E-state index contributed by atoms with van der Waals surface area (Å²) < 4.78 is 0. The number of hydrogen-bond donors (Lipinski definition) is 0. The van der Waals surface area contributed by atoms with Crippen LogP contribution in [0, 0.1) is 0 Å². The Morgan fingerprint density at radius 2 is 1.75 bits per heavy atom. The van der Waals surface area contributed by atoms with Gasteiger partial charge in [-0.3, -0.25) is 0 Å². The van der Waals surface area contributed by atoms with E-state index in [0.29, 0.717) is 5.54 Å². The lowest BCUT2D eigenvalue weighted by atomic mass is 10.0. The highest BCUT2D eigenvalue weighted by molar-refractivity contribution is 7.46. The molecule has 0 bridgehead atoms. The van der Waals surface area contributed by atoms with Crippen LogP contribution in [0.3, 0.4) is 0 Å². The van der Waals surface area contributed by atoms with E-state index in [1.807, 2.05) is 0 Å². The molecule has 0 nitrogen and oxygen atoms in total. The van der Waals surface area contributed by atoms with Crippen LogP contribution in [-0.4, -0.2) is 6.69 Å². The smallest absolute Gasteiger partial charge is 0.146 e. The van der Waals surface area contributed by atoms with Crippen LogP contribution >= 0.6 is 22.2 Å². The SMILES string of the molecule is CCC[Si](Cl)(Cl)C1CCCCC1. The summed E-state index contributed by atoms with van der Waals surface area (Å²) in [4.78, 5) is 0. The van der Waals surface area contributed by atoms with Gasteiger partial charge in [0.05, 0.1) is 0 Å². The zero-order valence-electron chi connectivity index (χ0n) is 7.78. The van der Waals surface area contributed by atoms with Crippen molar-refractivity contribution in [3.8, 4) is 0 Å². The van der Waals surface area contributed by atoms with E-state index in [0.717, 1.165) is 12.5 Å². The van der Waals surface area contributed by atoms with Crippen molar-refractivity contribution in [2.75, 3.05) is 0 Å². The average Bonchev–Trinajstić information content (AvgIpc) is 2.06. The van der Waals surface area contributed by atoms with Crippen molar-refractivity contribution in [1.29, 1.82) is 0 Å². The molecule has 0 saturated heterocycles. The zero-order valence-corrected chi connectivity index (χ0v) is 10.3. The minimum Gasteiger partial charge on any atom is -0.146 e. The van der Waals surface area contributed by atoms with Crippen molar-refractivity contribution in [2.24, 2.45) is 0 Å². The Hall–Kier alpha value is 0.797. The van der Waals surface area contributed by atoms with Gasteiger partial charge in [0.15, 0.2) is 0 Å². The van der Waals surface area contributed by atoms with Gasteiger partial charge >= 0.3 is 0 Å². The summed E-state index contributed by atoms with van der Waals surface area (Å²) in [5, 5.41) is 0. The second kappa shape index (κ2) is 4.87. The monoisotopic (exact) mass is 224 g/mol. The van der Waals surface area contributed by atoms with Gasteiger partial charge in [0, 0.05) is 0 Å². The van der Waals surface area contributed by atoms with Crippen molar-refractivity contribution >= 4 is 28.9 Å². The molecule has 12 heavy (non-hydrogen) atoms. The van der Waals surface area contributed by atoms with Crippen molar-refractivity contribution in [1.82, 2.24) is 0 Å². The van der Waals surface area contributed by atoms with Crippen LogP contribution in [0.5, 0.6) is 0 Å². The molecule has 0 radical (unpaired) electrons. The van der Waals surface area contributed by atoms with E-state index in [4.69, 9.17) is 22.2 Å². The molecule has 0 N–H and O–H groups in total.